The van der Waals surface area contributed by atoms with Crippen LogP contribution < -0.4 is 5.32 Å². The van der Waals surface area contributed by atoms with Gasteiger partial charge in [-0.05, 0) is 63.7 Å². The number of hydrogen-bond acceptors (Lipinski definition) is 3. The number of fused-ring (bicyclic) bond motifs is 2. The minimum Gasteiger partial charge on any atom is -0.314 e. The molecule has 0 aromatic carbocycles. The molecular weight excluding hydrogens is 276 g/mol. The van der Waals surface area contributed by atoms with Gasteiger partial charge in [0, 0.05) is 29.4 Å². The second-order valence-corrected chi connectivity index (χ2v) is 8.93. The van der Waals surface area contributed by atoms with E-state index in [0.29, 0.717) is 0 Å². The SMILES string of the molecule is CCCNC1CC2CCCC(C1)N2C1CCC(SCC)C1. The number of rotatable bonds is 6. The van der Waals surface area contributed by atoms with Crippen molar-refractivity contribution < 1.29 is 0 Å². The van der Waals surface area contributed by atoms with Gasteiger partial charge in [-0.3, -0.25) is 4.90 Å². The Morgan fingerprint density at radius 3 is 2.33 bits per heavy atom. The van der Waals surface area contributed by atoms with Crippen molar-refractivity contribution in [1.82, 2.24) is 10.2 Å². The maximum absolute atomic E-state index is 3.81. The Labute approximate surface area is 135 Å². The van der Waals surface area contributed by atoms with E-state index >= 15 is 0 Å². The van der Waals surface area contributed by atoms with Crippen LogP contribution in [0.1, 0.15) is 71.6 Å². The molecule has 0 aromatic heterocycles. The summed E-state index contributed by atoms with van der Waals surface area (Å²) in [6.07, 6.45) is 12.9. The van der Waals surface area contributed by atoms with Crippen LogP contribution in [0, 0.1) is 0 Å². The number of nitrogens with zero attached hydrogens (tertiary/aromatic N) is 1. The second-order valence-electron chi connectivity index (χ2n) is 7.35. The van der Waals surface area contributed by atoms with Crippen LogP contribution in [0.25, 0.3) is 0 Å². The van der Waals surface area contributed by atoms with E-state index in [1.807, 2.05) is 0 Å². The van der Waals surface area contributed by atoms with Crippen molar-refractivity contribution in [3.8, 4) is 0 Å². The molecule has 2 heterocycles. The van der Waals surface area contributed by atoms with E-state index in [1.165, 1.54) is 70.1 Å². The van der Waals surface area contributed by atoms with Crippen molar-refractivity contribution in [2.45, 2.75) is 101 Å². The third-order valence-electron chi connectivity index (χ3n) is 5.90. The smallest absolute Gasteiger partial charge is 0.0116 e. The molecule has 4 unspecified atom stereocenters. The fourth-order valence-corrected chi connectivity index (χ4v) is 6.24. The number of hydrogen-bond donors (Lipinski definition) is 1. The summed E-state index contributed by atoms with van der Waals surface area (Å²) in [5.74, 6) is 1.30. The van der Waals surface area contributed by atoms with Gasteiger partial charge in [0.25, 0.3) is 0 Å². The first-order chi connectivity index (χ1) is 10.3. The lowest BCUT2D eigenvalue weighted by molar-refractivity contribution is -0.00859. The first kappa shape index (κ1) is 16.1. The van der Waals surface area contributed by atoms with Crippen molar-refractivity contribution in [2.24, 2.45) is 0 Å². The van der Waals surface area contributed by atoms with E-state index in [0.717, 1.165) is 29.4 Å². The minimum atomic E-state index is 0.804. The molecule has 3 heteroatoms. The van der Waals surface area contributed by atoms with Crippen LogP contribution in [0.15, 0.2) is 0 Å². The fourth-order valence-electron chi connectivity index (χ4n) is 5.10. The monoisotopic (exact) mass is 310 g/mol. The van der Waals surface area contributed by atoms with Crippen molar-refractivity contribution >= 4 is 11.8 Å². The molecule has 122 valence electrons. The standard InChI is InChI=1S/C18H34N2S/c1-3-10-19-14-11-15-6-5-7-16(12-14)20(15)17-8-9-18(13-17)21-4-2/h14-19H,3-13H2,1-2H3. The lowest BCUT2D eigenvalue weighted by Crippen LogP contribution is -2.59. The Morgan fingerprint density at radius 2 is 1.67 bits per heavy atom. The van der Waals surface area contributed by atoms with Gasteiger partial charge >= 0.3 is 0 Å². The predicted molar refractivity (Wildman–Crippen MR) is 94.1 cm³/mol. The molecule has 0 spiro atoms. The van der Waals surface area contributed by atoms with Gasteiger partial charge in [-0.2, -0.15) is 11.8 Å². The Morgan fingerprint density at radius 1 is 0.952 bits per heavy atom. The molecule has 1 aliphatic carbocycles. The maximum Gasteiger partial charge on any atom is 0.0116 e. The molecule has 3 rings (SSSR count). The highest BCUT2D eigenvalue weighted by atomic mass is 32.2. The summed E-state index contributed by atoms with van der Waals surface area (Å²) in [5, 5.41) is 4.76. The van der Waals surface area contributed by atoms with E-state index in [1.54, 1.807) is 0 Å². The van der Waals surface area contributed by atoms with Crippen LogP contribution in [0.3, 0.4) is 0 Å². The molecule has 1 N–H and O–H groups in total. The maximum atomic E-state index is 3.81. The van der Waals surface area contributed by atoms with Crippen LogP contribution in [0.5, 0.6) is 0 Å². The Balaban J connectivity index is 1.59. The van der Waals surface area contributed by atoms with Gasteiger partial charge in [0.1, 0.15) is 0 Å². The van der Waals surface area contributed by atoms with Gasteiger partial charge in [-0.1, -0.05) is 20.3 Å². The minimum absolute atomic E-state index is 0.804. The van der Waals surface area contributed by atoms with Crippen LogP contribution in [-0.4, -0.2) is 46.6 Å². The lowest BCUT2D eigenvalue weighted by atomic mass is 9.80. The molecule has 2 bridgehead atoms. The summed E-state index contributed by atoms with van der Waals surface area (Å²) in [6.45, 7) is 5.81. The number of piperidine rings is 2. The summed E-state index contributed by atoms with van der Waals surface area (Å²) in [5.41, 5.74) is 0. The first-order valence-electron chi connectivity index (χ1n) is 9.44. The zero-order valence-electron chi connectivity index (χ0n) is 14.0. The molecule has 0 radical (unpaired) electrons. The zero-order chi connectivity index (χ0) is 14.7. The average molecular weight is 311 g/mol. The predicted octanol–water partition coefficient (Wildman–Crippen LogP) is 4.05. The van der Waals surface area contributed by atoms with Gasteiger partial charge in [-0.25, -0.2) is 0 Å². The molecule has 4 atom stereocenters. The number of nitrogens with one attached hydrogen (secondary N) is 1. The third-order valence-corrected chi connectivity index (χ3v) is 7.13. The Hall–Kier alpha value is 0.270. The largest absolute Gasteiger partial charge is 0.314 e. The molecule has 2 aliphatic heterocycles. The normalized spacial score (nSPS) is 40.6. The van der Waals surface area contributed by atoms with E-state index in [4.69, 9.17) is 0 Å². The molecule has 3 fully saturated rings. The topological polar surface area (TPSA) is 15.3 Å². The first-order valence-corrected chi connectivity index (χ1v) is 10.5. The molecule has 0 amide bonds. The molecule has 3 aliphatic rings. The van der Waals surface area contributed by atoms with Gasteiger partial charge in [0.2, 0.25) is 0 Å². The van der Waals surface area contributed by atoms with Gasteiger partial charge in [-0.15, -0.1) is 0 Å². The van der Waals surface area contributed by atoms with Crippen LogP contribution >= 0.6 is 11.8 Å². The molecule has 2 nitrogen and oxygen atoms in total. The van der Waals surface area contributed by atoms with Crippen molar-refractivity contribution in [3.63, 3.8) is 0 Å². The highest BCUT2D eigenvalue weighted by Gasteiger charge is 2.43. The van der Waals surface area contributed by atoms with Crippen LogP contribution in [0.2, 0.25) is 0 Å². The van der Waals surface area contributed by atoms with Gasteiger partial charge in [0.05, 0.1) is 0 Å². The van der Waals surface area contributed by atoms with Crippen molar-refractivity contribution in [2.75, 3.05) is 12.3 Å². The molecule has 1 saturated carbocycles. The van der Waals surface area contributed by atoms with E-state index < -0.39 is 0 Å². The molecular formula is C18H34N2S. The Bertz CT molecular complexity index is 308. The Kier molecular flexibility index (Phi) is 5.92. The van der Waals surface area contributed by atoms with Crippen molar-refractivity contribution in [1.29, 1.82) is 0 Å². The fraction of sp³-hybridized carbons (Fsp3) is 1.00. The summed E-state index contributed by atoms with van der Waals surface area (Å²) in [6, 6.07) is 3.50. The summed E-state index contributed by atoms with van der Waals surface area (Å²) in [7, 11) is 0. The molecule has 2 saturated heterocycles. The quantitative estimate of drug-likeness (QED) is 0.797. The lowest BCUT2D eigenvalue weighted by Gasteiger charge is -2.52. The summed E-state index contributed by atoms with van der Waals surface area (Å²) >= 11 is 2.21. The van der Waals surface area contributed by atoms with Gasteiger partial charge < -0.3 is 5.32 Å². The van der Waals surface area contributed by atoms with E-state index in [-0.39, 0.29) is 0 Å². The zero-order valence-corrected chi connectivity index (χ0v) is 14.8. The summed E-state index contributed by atoms with van der Waals surface area (Å²) in [4.78, 5) is 3.00. The van der Waals surface area contributed by atoms with Crippen LogP contribution in [0.4, 0.5) is 0 Å². The van der Waals surface area contributed by atoms with E-state index in [9.17, 15) is 0 Å². The number of thioether (sulfide) groups is 1. The molecule has 21 heavy (non-hydrogen) atoms. The highest BCUT2D eigenvalue weighted by Crippen LogP contribution is 2.41. The third kappa shape index (κ3) is 3.79. The molecule has 0 aromatic rings. The summed E-state index contributed by atoms with van der Waals surface area (Å²) < 4.78 is 0. The van der Waals surface area contributed by atoms with Crippen LogP contribution in [-0.2, 0) is 0 Å². The second kappa shape index (κ2) is 7.70. The van der Waals surface area contributed by atoms with Crippen molar-refractivity contribution in [3.05, 3.63) is 0 Å². The highest BCUT2D eigenvalue weighted by molar-refractivity contribution is 7.99. The van der Waals surface area contributed by atoms with E-state index in [2.05, 4.69) is 35.8 Å². The average Bonchev–Trinajstić information content (AvgIpc) is 2.93. The van der Waals surface area contributed by atoms with Gasteiger partial charge in [0.15, 0.2) is 0 Å².